The number of hydrogen-bond donors (Lipinski definition) is 0. The molecule has 0 aliphatic carbocycles. The molecule has 218 valence electrons. The van der Waals surface area contributed by atoms with Gasteiger partial charge in [-0.1, -0.05) is 54.6 Å². The van der Waals surface area contributed by atoms with Crippen molar-refractivity contribution in [1.29, 1.82) is 0 Å². The average Bonchev–Trinajstić information content (AvgIpc) is 2.98. The predicted molar refractivity (Wildman–Crippen MR) is 150 cm³/mol. The fourth-order valence-electron chi connectivity index (χ4n) is 4.19. The summed E-state index contributed by atoms with van der Waals surface area (Å²) in [6, 6.07) is 24.8. The molecule has 0 aromatic heterocycles. The standard InChI is InChI=1S/C31H36NO9/c1-23(20-36-29(33)39-26-14-8-5-9-15-26)32(4,24(2)21-37-30(34)40-27-16-10-6-11-17-27)25(3)22-38-31(35)41-28-18-12-7-13-19-28/h5-19,23-25H,20-22H2,1-4H3/q+1. The van der Waals surface area contributed by atoms with Gasteiger partial charge in [0.25, 0.3) is 0 Å². The molecule has 0 amide bonds. The number of carbonyl (C=O) groups is 3. The first-order valence-electron chi connectivity index (χ1n) is 13.2. The van der Waals surface area contributed by atoms with Gasteiger partial charge >= 0.3 is 18.5 Å². The van der Waals surface area contributed by atoms with E-state index in [0.717, 1.165) is 0 Å². The summed E-state index contributed by atoms with van der Waals surface area (Å²) in [6.45, 7) is 5.60. The molecule has 3 atom stereocenters. The molecule has 0 aliphatic rings. The Hall–Kier alpha value is -4.57. The molecule has 0 heterocycles. The van der Waals surface area contributed by atoms with E-state index in [9.17, 15) is 14.4 Å². The lowest BCUT2D eigenvalue weighted by Crippen LogP contribution is -2.65. The Labute approximate surface area is 239 Å². The number of hydrogen-bond acceptors (Lipinski definition) is 9. The molecular formula is C31H36NO9+. The Balaban J connectivity index is 1.64. The van der Waals surface area contributed by atoms with Gasteiger partial charge < -0.3 is 32.9 Å². The largest absolute Gasteiger partial charge is 0.514 e. The number of benzene rings is 3. The molecule has 0 N–H and O–H groups in total. The molecule has 3 rings (SSSR count). The van der Waals surface area contributed by atoms with Crippen LogP contribution in [-0.4, -0.2) is 67.9 Å². The van der Waals surface area contributed by atoms with E-state index in [1.165, 1.54) is 0 Å². The highest BCUT2D eigenvalue weighted by atomic mass is 16.7. The van der Waals surface area contributed by atoms with E-state index in [0.29, 0.717) is 17.2 Å². The smallest absolute Gasteiger partial charge is 0.428 e. The molecule has 0 aliphatic heterocycles. The second-order valence-corrected chi connectivity index (χ2v) is 9.70. The number of likely N-dealkylation sites (N-methyl/N-ethyl adjacent to an activating group) is 1. The molecule has 3 unspecified atom stereocenters. The van der Waals surface area contributed by atoms with Gasteiger partial charge in [0, 0.05) is 0 Å². The van der Waals surface area contributed by atoms with Crippen LogP contribution in [0.25, 0.3) is 0 Å². The first-order valence-corrected chi connectivity index (χ1v) is 13.2. The van der Waals surface area contributed by atoms with Gasteiger partial charge in [-0.3, -0.25) is 0 Å². The van der Waals surface area contributed by atoms with Gasteiger partial charge in [0.05, 0.1) is 7.05 Å². The molecular weight excluding hydrogens is 530 g/mol. The molecule has 41 heavy (non-hydrogen) atoms. The van der Waals surface area contributed by atoms with Crippen molar-refractivity contribution in [2.24, 2.45) is 0 Å². The summed E-state index contributed by atoms with van der Waals surface area (Å²) in [5.74, 6) is 1.08. The molecule has 0 saturated carbocycles. The monoisotopic (exact) mass is 566 g/mol. The van der Waals surface area contributed by atoms with Crippen molar-refractivity contribution >= 4 is 18.5 Å². The Morgan fingerprint density at radius 2 is 0.756 bits per heavy atom. The van der Waals surface area contributed by atoms with Crippen molar-refractivity contribution in [3.05, 3.63) is 91.0 Å². The van der Waals surface area contributed by atoms with E-state index in [-0.39, 0.29) is 42.4 Å². The second kappa shape index (κ2) is 15.3. The molecule has 3 aromatic rings. The van der Waals surface area contributed by atoms with Crippen molar-refractivity contribution in [2.45, 2.75) is 38.9 Å². The quantitative estimate of drug-likeness (QED) is 0.109. The third-order valence-corrected chi connectivity index (χ3v) is 7.01. The van der Waals surface area contributed by atoms with Gasteiger partial charge in [0.2, 0.25) is 0 Å². The number of quaternary nitrogens is 1. The molecule has 0 fully saturated rings. The maximum atomic E-state index is 12.3. The third kappa shape index (κ3) is 9.54. The van der Waals surface area contributed by atoms with Crippen LogP contribution in [0.2, 0.25) is 0 Å². The predicted octanol–water partition coefficient (Wildman–Crippen LogP) is 6.25. The highest BCUT2D eigenvalue weighted by Crippen LogP contribution is 2.24. The summed E-state index contributed by atoms with van der Waals surface area (Å²) < 4.78 is 32.2. The number of para-hydroxylation sites is 3. The van der Waals surface area contributed by atoms with Crippen molar-refractivity contribution < 1.29 is 47.3 Å². The summed E-state index contributed by atoms with van der Waals surface area (Å²) in [4.78, 5) is 37.0. The first-order chi connectivity index (χ1) is 19.7. The Morgan fingerprint density at radius 1 is 0.512 bits per heavy atom. The Bertz CT molecular complexity index is 1080. The lowest BCUT2D eigenvalue weighted by Gasteiger charge is -2.48. The number of nitrogens with zero attached hydrogens (tertiary/aromatic N) is 1. The summed E-state index contributed by atoms with van der Waals surface area (Å²) in [7, 11) is 1.91. The first kappa shape index (κ1) is 31.0. The van der Waals surface area contributed by atoms with Crippen LogP contribution in [0, 0.1) is 0 Å². The van der Waals surface area contributed by atoms with Gasteiger partial charge in [0.1, 0.15) is 55.2 Å². The normalized spacial score (nSPS) is 14.3. The lowest BCUT2D eigenvalue weighted by molar-refractivity contribution is -0.973. The zero-order chi connectivity index (χ0) is 29.7. The summed E-state index contributed by atoms with van der Waals surface area (Å²) >= 11 is 0. The van der Waals surface area contributed by atoms with E-state index in [1.54, 1.807) is 91.0 Å². The minimum atomic E-state index is -0.847. The topological polar surface area (TPSA) is 107 Å². The summed E-state index contributed by atoms with van der Waals surface area (Å²) in [6.07, 6.45) is -2.54. The molecule has 0 spiro atoms. The zero-order valence-corrected chi connectivity index (χ0v) is 23.6. The van der Waals surface area contributed by atoms with Gasteiger partial charge in [0.15, 0.2) is 0 Å². The number of ether oxygens (including phenoxy) is 6. The van der Waals surface area contributed by atoms with E-state index in [2.05, 4.69) is 0 Å². The van der Waals surface area contributed by atoms with Crippen LogP contribution in [0.3, 0.4) is 0 Å². The van der Waals surface area contributed by atoms with Crippen LogP contribution in [-0.2, 0) is 14.2 Å². The van der Waals surface area contributed by atoms with Gasteiger partial charge in [-0.2, -0.15) is 0 Å². The molecule has 0 radical (unpaired) electrons. The van der Waals surface area contributed by atoms with E-state index in [1.807, 2.05) is 27.8 Å². The second-order valence-electron chi connectivity index (χ2n) is 9.70. The minimum absolute atomic E-state index is 0.0141. The molecule has 10 nitrogen and oxygen atoms in total. The van der Waals surface area contributed by atoms with Gasteiger partial charge in [-0.15, -0.1) is 0 Å². The van der Waals surface area contributed by atoms with Crippen molar-refractivity contribution in [2.75, 3.05) is 26.9 Å². The van der Waals surface area contributed by atoms with Crippen LogP contribution in [0.4, 0.5) is 14.4 Å². The van der Waals surface area contributed by atoms with Crippen molar-refractivity contribution in [1.82, 2.24) is 0 Å². The van der Waals surface area contributed by atoms with E-state index >= 15 is 0 Å². The molecule has 3 aromatic carbocycles. The van der Waals surface area contributed by atoms with Gasteiger partial charge in [-0.05, 0) is 57.2 Å². The summed E-state index contributed by atoms with van der Waals surface area (Å²) in [5, 5.41) is 0. The highest BCUT2D eigenvalue weighted by molar-refractivity contribution is 5.64. The number of rotatable bonds is 12. The third-order valence-electron chi connectivity index (χ3n) is 7.01. The highest BCUT2D eigenvalue weighted by Gasteiger charge is 2.42. The Morgan fingerprint density at radius 3 is 1.00 bits per heavy atom. The molecule has 0 saturated heterocycles. The van der Waals surface area contributed by atoms with Crippen LogP contribution in [0.5, 0.6) is 17.2 Å². The minimum Gasteiger partial charge on any atom is -0.428 e. The lowest BCUT2D eigenvalue weighted by atomic mass is 10.1. The van der Waals surface area contributed by atoms with E-state index < -0.39 is 18.5 Å². The van der Waals surface area contributed by atoms with E-state index in [4.69, 9.17) is 28.4 Å². The maximum Gasteiger partial charge on any atom is 0.514 e. The van der Waals surface area contributed by atoms with Crippen LogP contribution in [0.15, 0.2) is 91.0 Å². The fraction of sp³-hybridized carbons (Fsp3) is 0.323. The van der Waals surface area contributed by atoms with Crippen LogP contribution < -0.4 is 14.2 Å². The Kier molecular flexibility index (Phi) is 11.5. The van der Waals surface area contributed by atoms with Crippen molar-refractivity contribution in [3.8, 4) is 17.2 Å². The van der Waals surface area contributed by atoms with Gasteiger partial charge in [-0.25, -0.2) is 14.4 Å². The molecule has 0 bridgehead atoms. The SMILES string of the molecule is CC(COC(=O)Oc1ccccc1)[N+](C)(C(C)COC(=O)Oc1ccccc1)C(C)COC(=O)Oc1ccccc1. The average molecular weight is 567 g/mol. The number of carbonyl (C=O) groups excluding carboxylic acids is 3. The fourth-order valence-corrected chi connectivity index (χ4v) is 4.19. The molecule has 10 heteroatoms. The van der Waals surface area contributed by atoms with Crippen LogP contribution >= 0.6 is 0 Å². The van der Waals surface area contributed by atoms with Crippen LogP contribution in [0.1, 0.15) is 20.8 Å². The van der Waals surface area contributed by atoms with Crippen molar-refractivity contribution in [3.63, 3.8) is 0 Å². The zero-order valence-electron chi connectivity index (χ0n) is 23.6. The maximum absolute atomic E-state index is 12.3. The summed E-state index contributed by atoms with van der Waals surface area (Å²) in [5.41, 5.74) is 0.